The van der Waals surface area contributed by atoms with E-state index >= 15 is 0 Å². The molecule has 0 unspecified atom stereocenters. The number of nitrogens with zero attached hydrogens (tertiary/aromatic N) is 4. The first-order valence-electron chi connectivity index (χ1n) is 7.95. The number of piperazine rings is 1. The van der Waals surface area contributed by atoms with Crippen LogP contribution < -0.4 is 10.2 Å². The maximum absolute atomic E-state index is 11.8. The Morgan fingerprint density at radius 2 is 1.96 bits per heavy atom. The molecular weight excluding hydrogens is 370 g/mol. The molecule has 124 valence electrons. The van der Waals surface area contributed by atoms with Crippen molar-refractivity contribution >= 4 is 44.3 Å². The van der Waals surface area contributed by atoms with Gasteiger partial charge in [0.2, 0.25) is 0 Å². The highest BCUT2D eigenvalue weighted by atomic mass is 79.9. The van der Waals surface area contributed by atoms with E-state index in [0.29, 0.717) is 13.1 Å². The minimum Gasteiger partial charge on any atom is -0.351 e. The van der Waals surface area contributed by atoms with Crippen molar-refractivity contribution in [3.63, 3.8) is 0 Å². The number of hydrogen-bond donors (Lipinski definition) is 1. The van der Waals surface area contributed by atoms with Gasteiger partial charge in [0.1, 0.15) is 0 Å². The van der Waals surface area contributed by atoms with E-state index < -0.39 is 0 Å². The lowest BCUT2D eigenvalue weighted by Gasteiger charge is -2.35. The zero-order valence-corrected chi connectivity index (χ0v) is 15.0. The van der Waals surface area contributed by atoms with Gasteiger partial charge < -0.3 is 19.5 Å². The van der Waals surface area contributed by atoms with Crippen LogP contribution in [0.3, 0.4) is 0 Å². The van der Waals surface area contributed by atoms with Crippen molar-refractivity contribution < 1.29 is 4.79 Å². The molecule has 1 saturated heterocycles. The minimum atomic E-state index is -0.0158. The SMILES string of the molecule is CNC(=O)N1CCN(c2nc3cc(Br)ccc3n3cccc23)CC1. The number of anilines is 1. The van der Waals surface area contributed by atoms with Crippen molar-refractivity contribution in [1.29, 1.82) is 0 Å². The van der Waals surface area contributed by atoms with Gasteiger partial charge in [-0.2, -0.15) is 0 Å². The van der Waals surface area contributed by atoms with Crippen LogP contribution in [0.15, 0.2) is 41.0 Å². The molecule has 1 aliphatic rings. The Morgan fingerprint density at radius 1 is 1.17 bits per heavy atom. The number of fused-ring (bicyclic) bond motifs is 3. The molecule has 2 amide bonds. The monoisotopic (exact) mass is 387 g/mol. The van der Waals surface area contributed by atoms with Gasteiger partial charge in [-0.05, 0) is 30.3 Å². The van der Waals surface area contributed by atoms with Gasteiger partial charge in [-0.25, -0.2) is 9.78 Å². The summed E-state index contributed by atoms with van der Waals surface area (Å²) in [5, 5.41) is 2.69. The molecule has 0 radical (unpaired) electrons. The number of aromatic nitrogens is 2. The molecule has 0 saturated carbocycles. The first kappa shape index (κ1) is 15.3. The van der Waals surface area contributed by atoms with Crippen molar-refractivity contribution in [2.45, 2.75) is 0 Å². The third-order valence-electron chi connectivity index (χ3n) is 4.48. The van der Waals surface area contributed by atoms with Crippen molar-refractivity contribution in [3.8, 4) is 0 Å². The number of halogens is 1. The van der Waals surface area contributed by atoms with E-state index in [0.717, 1.165) is 39.9 Å². The summed E-state index contributed by atoms with van der Waals surface area (Å²) in [4.78, 5) is 20.8. The summed E-state index contributed by atoms with van der Waals surface area (Å²) in [6.07, 6.45) is 2.07. The summed E-state index contributed by atoms with van der Waals surface area (Å²) in [6.45, 7) is 2.96. The second-order valence-corrected chi connectivity index (χ2v) is 6.78. The number of benzene rings is 1. The van der Waals surface area contributed by atoms with Crippen LogP contribution in [0.4, 0.5) is 10.6 Å². The minimum absolute atomic E-state index is 0.0158. The molecule has 0 aliphatic carbocycles. The molecule has 0 bridgehead atoms. The Hall–Kier alpha value is -2.28. The first-order valence-corrected chi connectivity index (χ1v) is 8.74. The number of amides is 2. The summed E-state index contributed by atoms with van der Waals surface area (Å²) < 4.78 is 3.19. The number of hydrogen-bond acceptors (Lipinski definition) is 3. The van der Waals surface area contributed by atoms with Gasteiger partial charge in [0.25, 0.3) is 0 Å². The molecule has 4 rings (SSSR count). The van der Waals surface area contributed by atoms with E-state index in [1.807, 2.05) is 23.1 Å². The quantitative estimate of drug-likeness (QED) is 0.698. The van der Waals surface area contributed by atoms with Crippen LogP contribution in [0, 0.1) is 0 Å². The Bertz CT molecular complexity index is 914. The fraction of sp³-hybridized carbons (Fsp3) is 0.294. The van der Waals surface area contributed by atoms with E-state index in [-0.39, 0.29) is 6.03 Å². The molecule has 1 aliphatic heterocycles. The maximum atomic E-state index is 11.8. The highest BCUT2D eigenvalue weighted by molar-refractivity contribution is 9.10. The van der Waals surface area contributed by atoms with Crippen LogP contribution in [0.2, 0.25) is 0 Å². The number of carbonyl (C=O) groups excluding carboxylic acids is 1. The van der Waals surface area contributed by atoms with Crippen LogP contribution in [-0.2, 0) is 0 Å². The van der Waals surface area contributed by atoms with E-state index in [4.69, 9.17) is 4.98 Å². The summed E-state index contributed by atoms with van der Waals surface area (Å²) >= 11 is 3.53. The third-order valence-corrected chi connectivity index (χ3v) is 4.97. The highest BCUT2D eigenvalue weighted by Gasteiger charge is 2.23. The summed E-state index contributed by atoms with van der Waals surface area (Å²) in [6, 6.07) is 10.3. The predicted octanol–water partition coefficient (Wildman–Crippen LogP) is 2.71. The number of carbonyl (C=O) groups is 1. The van der Waals surface area contributed by atoms with Crippen LogP contribution in [-0.4, -0.2) is 53.5 Å². The predicted molar refractivity (Wildman–Crippen MR) is 98.6 cm³/mol. The van der Waals surface area contributed by atoms with Crippen molar-refractivity contribution in [1.82, 2.24) is 19.6 Å². The fourth-order valence-corrected chi connectivity index (χ4v) is 3.60. The van der Waals surface area contributed by atoms with Crippen molar-refractivity contribution in [2.24, 2.45) is 0 Å². The van der Waals surface area contributed by atoms with Gasteiger partial charge in [0, 0.05) is 43.9 Å². The number of urea groups is 1. The van der Waals surface area contributed by atoms with Gasteiger partial charge in [-0.15, -0.1) is 0 Å². The largest absolute Gasteiger partial charge is 0.351 e. The Kier molecular flexibility index (Phi) is 3.80. The third kappa shape index (κ3) is 2.49. The normalized spacial score (nSPS) is 15.2. The molecule has 24 heavy (non-hydrogen) atoms. The Balaban J connectivity index is 1.73. The molecule has 1 aromatic carbocycles. The summed E-state index contributed by atoms with van der Waals surface area (Å²) in [5.74, 6) is 0.974. The van der Waals surface area contributed by atoms with Gasteiger partial charge in [0.05, 0.1) is 16.6 Å². The lowest BCUT2D eigenvalue weighted by Crippen LogP contribution is -2.51. The first-order chi connectivity index (χ1) is 11.7. The van der Waals surface area contributed by atoms with Crippen LogP contribution >= 0.6 is 15.9 Å². The summed E-state index contributed by atoms with van der Waals surface area (Å²) in [5.41, 5.74) is 3.14. The molecule has 3 aromatic rings. The van der Waals surface area contributed by atoms with E-state index in [1.165, 1.54) is 0 Å². The van der Waals surface area contributed by atoms with Gasteiger partial charge >= 0.3 is 6.03 Å². The van der Waals surface area contributed by atoms with Gasteiger partial charge in [0.15, 0.2) is 5.82 Å². The van der Waals surface area contributed by atoms with Crippen LogP contribution in [0.1, 0.15) is 0 Å². The van der Waals surface area contributed by atoms with Gasteiger partial charge in [-0.1, -0.05) is 15.9 Å². The highest BCUT2D eigenvalue weighted by Crippen LogP contribution is 2.27. The maximum Gasteiger partial charge on any atom is 0.317 e. The Morgan fingerprint density at radius 3 is 2.71 bits per heavy atom. The van der Waals surface area contributed by atoms with E-state index in [2.05, 4.69) is 48.9 Å². The molecule has 1 N–H and O–H groups in total. The van der Waals surface area contributed by atoms with E-state index in [1.54, 1.807) is 7.05 Å². The topological polar surface area (TPSA) is 52.9 Å². The van der Waals surface area contributed by atoms with Crippen molar-refractivity contribution in [3.05, 3.63) is 41.0 Å². The number of nitrogens with one attached hydrogen (secondary N) is 1. The lowest BCUT2D eigenvalue weighted by molar-refractivity contribution is 0.196. The second-order valence-electron chi connectivity index (χ2n) is 5.86. The molecule has 0 spiro atoms. The smallest absolute Gasteiger partial charge is 0.317 e. The lowest BCUT2D eigenvalue weighted by atomic mass is 10.2. The molecule has 0 atom stereocenters. The fourth-order valence-electron chi connectivity index (χ4n) is 3.25. The second kappa shape index (κ2) is 5.98. The Labute approximate surface area is 148 Å². The van der Waals surface area contributed by atoms with Crippen molar-refractivity contribution in [2.75, 3.05) is 38.1 Å². The molecule has 1 fully saturated rings. The zero-order chi connectivity index (χ0) is 16.7. The molecule has 3 heterocycles. The zero-order valence-electron chi connectivity index (χ0n) is 13.4. The average Bonchev–Trinajstić information content (AvgIpc) is 3.10. The van der Waals surface area contributed by atoms with Crippen LogP contribution in [0.25, 0.3) is 16.6 Å². The molecule has 2 aromatic heterocycles. The standard InChI is InChI=1S/C17H18BrN5O/c1-19-17(24)22-9-7-21(8-10-22)16-15-3-2-6-23(15)14-5-4-12(18)11-13(14)20-16/h2-6,11H,7-10H2,1H3,(H,19,24). The van der Waals surface area contributed by atoms with Gasteiger partial charge in [-0.3, -0.25) is 0 Å². The molecule has 7 heteroatoms. The van der Waals surface area contributed by atoms with E-state index in [9.17, 15) is 4.79 Å². The number of rotatable bonds is 1. The summed E-state index contributed by atoms with van der Waals surface area (Å²) in [7, 11) is 1.67. The van der Waals surface area contributed by atoms with Crippen LogP contribution in [0.5, 0.6) is 0 Å². The molecular formula is C17H18BrN5O. The average molecular weight is 388 g/mol. The molecule has 6 nitrogen and oxygen atoms in total.